The average molecular weight is 382 g/mol. The smallest absolute Gasteiger partial charge is 0.292 e. The molecule has 0 aromatic heterocycles. The zero-order valence-corrected chi connectivity index (χ0v) is 15.9. The number of para-hydroxylation sites is 1. The van der Waals surface area contributed by atoms with Crippen molar-refractivity contribution in [1.29, 1.82) is 0 Å². The summed E-state index contributed by atoms with van der Waals surface area (Å²) < 4.78 is 25.5. The summed E-state index contributed by atoms with van der Waals surface area (Å²) in [6, 6.07) is 15.5. The molecule has 0 heterocycles. The SMILES string of the molecule is CCOP(=O)(OCC)N(CC(=O)c1ccc(Cl)cc1)c1ccccc1. The summed E-state index contributed by atoms with van der Waals surface area (Å²) in [7, 11) is -3.65. The number of nitrogens with zero attached hydrogens (tertiary/aromatic N) is 1. The maximum absolute atomic E-state index is 13.2. The molecule has 25 heavy (non-hydrogen) atoms. The minimum absolute atomic E-state index is 0.136. The first kappa shape index (κ1) is 19.7. The van der Waals surface area contributed by atoms with Crippen LogP contribution in [0.1, 0.15) is 24.2 Å². The quantitative estimate of drug-likeness (QED) is 0.441. The van der Waals surface area contributed by atoms with Gasteiger partial charge in [0.25, 0.3) is 0 Å². The zero-order valence-electron chi connectivity index (χ0n) is 14.2. The Bertz CT molecular complexity index is 727. The van der Waals surface area contributed by atoms with Crippen LogP contribution in [0.4, 0.5) is 5.69 Å². The van der Waals surface area contributed by atoms with Crippen LogP contribution in [0, 0.1) is 0 Å². The van der Waals surface area contributed by atoms with E-state index in [2.05, 4.69) is 0 Å². The van der Waals surface area contributed by atoms with E-state index in [4.69, 9.17) is 20.6 Å². The summed E-state index contributed by atoms with van der Waals surface area (Å²) in [5, 5.41) is 0.547. The number of anilines is 1. The summed E-state index contributed by atoms with van der Waals surface area (Å²) in [6.45, 7) is 3.74. The fraction of sp³-hybridized carbons (Fsp3) is 0.278. The van der Waals surface area contributed by atoms with E-state index in [1.165, 1.54) is 4.67 Å². The van der Waals surface area contributed by atoms with Crippen LogP contribution in [-0.4, -0.2) is 25.5 Å². The van der Waals surface area contributed by atoms with E-state index in [9.17, 15) is 9.36 Å². The third kappa shape index (κ3) is 5.16. The molecule has 0 N–H and O–H groups in total. The van der Waals surface area contributed by atoms with Gasteiger partial charge in [0.15, 0.2) is 5.78 Å². The van der Waals surface area contributed by atoms with Gasteiger partial charge in [-0.2, -0.15) is 0 Å². The minimum atomic E-state index is -3.65. The van der Waals surface area contributed by atoms with Gasteiger partial charge in [0.1, 0.15) is 0 Å². The number of Topliss-reactive ketones (excluding diaryl/α,β-unsaturated/α-hetero) is 1. The van der Waals surface area contributed by atoms with Crippen LogP contribution < -0.4 is 4.67 Å². The Morgan fingerprint density at radius 3 is 2.08 bits per heavy atom. The highest BCUT2D eigenvalue weighted by atomic mass is 35.5. The van der Waals surface area contributed by atoms with Gasteiger partial charge in [-0.1, -0.05) is 29.8 Å². The first-order valence-corrected chi connectivity index (χ1v) is 9.88. The van der Waals surface area contributed by atoms with Crippen LogP contribution in [0.2, 0.25) is 5.02 Å². The van der Waals surface area contributed by atoms with Crippen molar-refractivity contribution in [1.82, 2.24) is 0 Å². The van der Waals surface area contributed by atoms with E-state index in [0.29, 0.717) is 16.3 Å². The highest BCUT2D eigenvalue weighted by molar-refractivity contribution is 7.55. The van der Waals surface area contributed by atoms with Crippen molar-refractivity contribution < 1.29 is 18.4 Å². The van der Waals surface area contributed by atoms with Gasteiger partial charge >= 0.3 is 7.75 Å². The number of rotatable bonds is 9. The molecule has 0 amide bonds. The monoisotopic (exact) mass is 381 g/mol. The van der Waals surface area contributed by atoms with E-state index in [-0.39, 0.29) is 25.5 Å². The number of hydrogen-bond donors (Lipinski definition) is 0. The molecular weight excluding hydrogens is 361 g/mol. The second kappa shape index (κ2) is 9.16. The largest absolute Gasteiger partial charge is 0.435 e. The van der Waals surface area contributed by atoms with Crippen LogP contribution in [-0.2, 0) is 13.6 Å². The lowest BCUT2D eigenvalue weighted by Crippen LogP contribution is -2.29. The summed E-state index contributed by atoms with van der Waals surface area (Å²) in [5.41, 5.74) is 1.07. The van der Waals surface area contributed by atoms with Gasteiger partial charge in [-0.25, -0.2) is 4.57 Å². The van der Waals surface area contributed by atoms with Crippen LogP contribution in [0.15, 0.2) is 54.6 Å². The number of hydrogen-bond acceptors (Lipinski definition) is 4. The van der Waals surface area contributed by atoms with E-state index in [0.717, 1.165) is 0 Å². The fourth-order valence-electron chi connectivity index (χ4n) is 2.29. The van der Waals surface area contributed by atoms with E-state index in [1.807, 2.05) is 6.07 Å². The topological polar surface area (TPSA) is 55.8 Å². The Morgan fingerprint density at radius 1 is 1.00 bits per heavy atom. The van der Waals surface area contributed by atoms with Gasteiger partial charge in [0.05, 0.1) is 19.8 Å². The van der Waals surface area contributed by atoms with Crippen molar-refractivity contribution in [3.05, 3.63) is 65.2 Å². The van der Waals surface area contributed by atoms with Crippen LogP contribution in [0.25, 0.3) is 0 Å². The lowest BCUT2D eigenvalue weighted by molar-refractivity contribution is 0.0998. The van der Waals surface area contributed by atoms with Gasteiger partial charge in [0, 0.05) is 16.3 Å². The molecule has 0 fully saturated rings. The summed E-state index contributed by atoms with van der Waals surface area (Å²) in [5.74, 6) is -0.208. The maximum Gasteiger partial charge on any atom is 0.435 e. The Labute approximate surface area is 153 Å². The van der Waals surface area contributed by atoms with Crippen molar-refractivity contribution in [2.24, 2.45) is 0 Å². The summed E-state index contributed by atoms with van der Waals surface area (Å²) >= 11 is 5.87. The molecule has 2 aromatic carbocycles. The molecule has 0 radical (unpaired) electrons. The maximum atomic E-state index is 13.2. The molecule has 0 bridgehead atoms. The van der Waals surface area contributed by atoms with Crippen LogP contribution in [0.5, 0.6) is 0 Å². The molecular formula is C18H21ClNO4P. The number of ketones is 1. The van der Waals surface area contributed by atoms with Gasteiger partial charge in [-0.3, -0.25) is 18.5 Å². The van der Waals surface area contributed by atoms with E-state index >= 15 is 0 Å². The molecule has 0 unspecified atom stereocenters. The highest BCUT2D eigenvalue weighted by Gasteiger charge is 2.35. The lowest BCUT2D eigenvalue weighted by atomic mass is 10.1. The molecule has 0 aliphatic heterocycles. The number of benzene rings is 2. The normalized spacial score (nSPS) is 11.3. The van der Waals surface area contributed by atoms with Crippen molar-refractivity contribution in [3.8, 4) is 0 Å². The van der Waals surface area contributed by atoms with E-state index in [1.54, 1.807) is 62.4 Å². The van der Waals surface area contributed by atoms with Gasteiger partial charge in [-0.05, 0) is 50.2 Å². The fourth-order valence-corrected chi connectivity index (χ4v) is 4.14. The number of carbonyl (C=O) groups excluding carboxylic acids is 1. The molecule has 0 atom stereocenters. The highest BCUT2D eigenvalue weighted by Crippen LogP contribution is 2.53. The molecule has 0 aliphatic carbocycles. The summed E-state index contributed by atoms with van der Waals surface area (Å²) in [4.78, 5) is 12.7. The molecule has 0 saturated carbocycles. The Hall–Kier alpha value is -1.65. The standard InChI is InChI=1S/C18H21ClNO4P/c1-3-23-25(22,24-4-2)20(17-8-6-5-7-9-17)14-18(21)15-10-12-16(19)13-11-15/h5-13H,3-4,14H2,1-2H3. The summed E-state index contributed by atoms with van der Waals surface area (Å²) in [6.07, 6.45) is 0. The predicted octanol–water partition coefficient (Wildman–Crippen LogP) is 5.21. The number of carbonyl (C=O) groups is 1. The van der Waals surface area contributed by atoms with Crippen molar-refractivity contribution in [2.75, 3.05) is 24.4 Å². The third-order valence-corrected chi connectivity index (χ3v) is 5.78. The van der Waals surface area contributed by atoms with Gasteiger partial charge in [0.2, 0.25) is 0 Å². The molecule has 7 heteroatoms. The van der Waals surface area contributed by atoms with E-state index < -0.39 is 7.75 Å². The first-order valence-electron chi connectivity index (χ1n) is 8.01. The Morgan fingerprint density at radius 2 is 1.56 bits per heavy atom. The first-order chi connectivity index (χ1) is 12.0. The molecule has 0 spiro atoms. The average Bonchev–Trinajstić information content (AvgIpc) is 2.61. The van der Waals surface area contributed by atoms with Gasteiger partial charge in [-0.15, -0.1) is 0 Å². The second-order valence-electron chi connectivity index (χ2n) is 5.13. The third-order valence-electron chi connectivity index (χ3n) is 3.39. The molecule has 2 rings (SSSR count). The molecule has 2 aromatic rings. The Balaban J connectivity index is 2.36. The molecule has 5 nitrogen and oxygen atoms in total. The lowest BCUT2D eigenvalue weighted by Gasteiger charge is -2.30. The van der Waals surface area contributed by atoms with Crippen molar-refractivity contribution in [2.45, 2.75) is 13.8 Å². The zero-order chi connectivity index (χ0) is 18.3. The minimum Gasteiger partial charge on any atom is -0.292 e. The predicted molar refractivity (Wildman–Crippen MR) is 100 cm³/mol. The van der Waals surface area contributed by atoms with Crippen molar-refractivity contribution in [3.63, 3.8) is 0 Å². The molecule has 0 aliphatic rings. The molecule has 0 saturated heterocycles. The number of halogens is 1. The Kier molecular flexibility index (Phi) is 7.21. The van der Waals surface area contributed by atoms with Crippen LogP contribution >= 0.6 is 19.3 Å². The van der Waals surface area contributed by atoms with Gasteiger partial charge < -0.3 is 0 Å². The second-order valence-corrected chi connectivity index (χ2v) is 7.50. The van der Waals surface area contributed by atoms with Crippen molar-refractivity contribution >= 4 is 30.8 Å². The van der Waals surface area contributed by atoms with Crippen LogP contribution in [0.3, 0.4) is 0 Å². The molecule has 134 valence electrons.